The van der Waals surface area contributed by atoms with Crippen molar-refractivity contribution in [2.45, 2.75) is 6.42 Å². The molecule has 0 bridgehead atoms. The number of nitrogens with zero attached hydrogens (tertiary/aromatic N) is 2. The molecule has 0 atom stereocenters. The van der Waals surface area contributed by atoms with E-state index < -0.39 is 0 Å². The zero-order chi connectivity index (χ0) is 13.9. The van der Waals surface area contributed by atoms with Crippen LogP contribution < -0.4 is 3.94 Å². The number of hydrogen-bond donors (Lipinski definition) is 0. The second kappa shape index (κ2) is 5.70. The zero-order valence-corrected chi connectivity index (χ0v) is 12.1. The largest absolute Gasteiger partial charge is 0.256 e. The average molecular weight is 303 g/mol. The molecule has 0 radical (unpaired) electrons. The van der Waals surface area contributed by atoms with Crippen molar-refractivity contribution >= 4 is 40.1 Å². The second-order valence-corrected chi connectivity index (χ2v) is 5.46. The Kier molecular flexibility index (Phi) is 3.77. The van der Waals surface area contributed by atoms with Gasteiger partial charge < -0.3 is 0 Å². The van der Waals surface area contributed by atoms with Gasteiger partial charge in [-0.15, -0.1) is 0 Å². The molecular formula is C16H12Cl2N2. The number of halogens is 2. The van der Waals surface area contributed by atoms with Crippen LogP contribution in [0.5, 0.6) is 0 Å². The maximum atomic E-state index is 5.67. The van der Waals surface area contributed by atoms with Crippen LogP contribution in [0, 0.1) is 0 Å². The Labute approximate surface area is 127 Å². The van der Waals surface area contributed by atoms with Crippen molar-refractivity contribution in [2.24, 2.45) is 0 Å². The van der Waals surface area contributed by atoms with E-state index in [9.17, 15) is 0 Å². The lowest BCUT2D eigenvalue weighted by Gasteiger charge is -2.07. The van der Waals surface area contributed by atoms with Crippen molar-refractivity contribution in [2.75, 3.05) is 3.94 Å². The Balaban J connectivity index is 1.85. The van der Waals surface area contributed by atoms with Gasteiger partial charge in [0.1, 0.15) is 0 Å². The molecule has 4 heteroatoms. The van der Waals surface area contributed by atoms with Crippen molar-refractivity contribution < 1.29 is 0 Å². The third-order valence-corrected chi connectivity index (χ3v) is 3.58. The molecule has 100 valence electrons. The zero-order valence-electron chi connectivity index (χ0n) is 10.6. The predicted octanol–water partition coefficient (Wildman–Crippen LogP) is 4.94. The van der Waals surface area contributed by atoms with E-state index in [1.165, 1.54) is 11.1 Å². The van der Waals surface area contributed by atoms with Crippen molar-refractivity contribution in [3.05, 3.63) is 71.9 Å². The van der Waals surface area contributed by atoms with E-state index in [2.05, 4.69) is 17.1 Å². The monoisotopic (exact) mass is 302 g/mol. The number of anilines is 1. The summed E-state index contributed by atoms with van der Waals surface area (Å²) in [6, 6.07) is 18.1. The van der Waals surface area contributed by atoms with Gasteiger partial charge in [-0.2, -0.15) is 3.94 Å². The Morgan fingerprint density at radius 2 is 1.65 bits per heavy atom. The van der Waals surface area contributed by atoms with Gasteiger partial charge in [0.15, 0.2) is 0 Å². The fourth-order valence-corrected chi connectivity index (χ4v) is 2.40. The topological polar surface area (TPSA) is 16.1 Å². The highest BCUT2D eigenvalue weighted by molar-refractivity contribution is 6.49. The van der Waals surface area contributed by atoms with Gasteiger partial charge in [-0.1, -0.05) is 30.3 Å². The first-order valence-corrected chi connectivity index (χ1v) is 6.94. The minimum absolute atomic E-state index is 0.758. The minimum atomic E-state index is 0.758. The van der Waals surface area contributed by atoms with Crippen LogP contribution in [0.3, 0.4) is 0 Å². The van der Waals surface area contributed by atoms with Gasteiger partial charge in [-0.25, -0.2) is 0 Å². The lowest BCUT2D eigenvalue weighted by molar-refractivity contribution is 1.17. The van der Waals surface area contributed by atoms with Gasteiger partial charge in [0.05, 0.1) is 11.2 Å². The number of pyridine rings is 1. The minimum Gasteiger partial charge on any atom is -0.256 e. The highest BCUT2D eigenvalue weighted by atomic mass is 35.5. The summed E-state index contributed by atoms with van der Waals surface area (Å²) in [5, 5.41) is 1.16. The van der Waals surface area contributed by atoms with Gasteiger partial charge in [-0.05, 0) is 41.8 Å². The molecule has 1 aromatic heterocycles. The molecule has 1 heterocycles. The quantitative estimate of drug-likeness (QED) is 0.637. The van der Waals surface area contributed by atoms with E-state index >= 15 is 0 Å². The Morgan fingerprint density at radius 3 is 2.40 bits per heavy atom. The highest BCUT2D eigenvalue weighted by Crippen LogP contribution is 2.21. The molecule has 0 unspecified atom stereocenters. The molecule has 0 aliphatic rings. The number of para-hydroxylation sites is 1. The van der Waals surface area contributed by atoms with Gasteiger partial charge >= 0.3 is 0 Å². The van der Waals surface area contributed by atoms with Crippen molar-refractivity contribution in [3.8, 4) is 0 Å². The van der Waals surface area contributed by atoms with E-state index in [4.69, 9.17) is 23.6 Å². The van der Waals surface area contributed by atoms with E-state index in [1.54, 1.807) is 0 Å². The molecule has 0 spiro atoms. The summed E-state index contributed by atoms with van der Waals surface area (Å²) in [4.78, 5) is 4.47. The normalized spacial score (nSPS) is 10.7. The lowest BCUT2D eigenvalue weighted by atomic mass is 10.0. The van der Waals surface area contributed by atoms with Crippen LogP contribution in [0.15, 0.2) is 60.8 Å². The van der Waals surface area contributed by atoms with Gasteiger partial charge in [0.25, 0.3) is 0 Å². The summed E-state index contributed by atoms with van der Waals surface area (Å²) >= 11 is 11.3. The van der Waals surface area contributed by atoms with Gasteiger partial charge in [0, 0.05) is 35.1 Å². The number of hydrogen-bond acceptors (Lipinski definition) is 2. The van der Waals surface area contributed by atoms with Crippen LogP contribution >= 0.6 is 23.6 Å². The van der Waals surface area contributed by atoms with E-state index in [-0.39, 0.29) is 0 Å². The van der Waals surface area contributed by atoms with Crippen LogP contribution in [-0.4, -0.2) is 4.98 Å². The third-order valence-electron chi connectivity index (χ3n) is 3.19. The van der Waals surface area contributed by atoms with Gasteiger partial charge in [-0.3, -0.25) is 4.98 Å². The Morgan fingerprint density at radius 1 is 0.900 bits per heavy atom. The lowest BCUT2D eigenvalue weighted by Crippen LogP contribution is -1.93. The smallest absolute Gasteiger partial charge is 0.0710 e. The number of rotatable bonds is 3. The first kappa shape index (κ1) is 13.2. The molecular weight excluding hydrogens is 291 g/mol. The molecule has 0 aliphatic heterocycles. The van der Waals surface area contributed by atoms with Crippen LogP contribution in [-0.2, 0) is 6.42 Å². The molecule has 0 saturated carbocycles. The molecule has 0 saturated heterocycles. The van der Waals surface area contributed by atoms with Gasteiger partial charge in [0.2, 0.25) is 0 Å². The molecule has 0 N–H and O–H groups in total. The summed E-state index contributed by atoms with van der Waals surface area (Å²) in [5.41, 5.74) is 4.16. The van der Waals surface area contributed by atoms with E-state index in [0.29, 0.717) is 0 Å². The maximum Gasteiger partial charge on any atom is 0.0710 e. The van der Waals surface area contributed by atoms with Crippen molar-refractivity contribution in [1.29, 1.82) is 0 Å². The van der Waals surface area contributed by atoms with E-state index in [1.807, 2.05) is 48.7 Å². The van der Waals surface area contributed by atoms with Crippen molar-refractivity contribution in [3.63, 3.8) is 0 Å². The Hall–Kier alpha value is -1.77. The third kappa shape index (κ3) is 2.87. The first-order chi connectivity index (χ1) is 9.72. The van der Waals surface area contributed by atoms with Crippen molar-refractivity contribution in [1.82, 2.24) is 4.98 Å². The summed E-state index contributed by atoms with van der Waals surface area (Å²) in [7, 11) is 0. The van der Waals surface area contributed by atoms with Crippen LogP contribution in [0.2, 0.25) is 0 Å². The highest BCUT2D eigenvalue weighted by Gasteiger charge is 2.02. The fourth-order valence-electron chi connectivity index (χ4n) is 2.18. The average Bonchev–Trinajstić information content (AvgIpc) is 2.48. The summed E-state index contributed by atoms with van der Waals surface area (Å²) in [6.45, 7) is 0. The molecule has 0 fully saturated rings. The molecule has 2 nitrogen and oxygen atoms in total. The standard InChI is InChI=1S/C16H12Cl2N2/c17-20(18)15-7-5-12(6-8-15)9-13-10-14-3-1-2-4-16(14)19-11-13/h1-8,10-11H,9H2. The maximum absolute atomic E-state index is 5.67. The molecule has 3 aromatic rings. The molecule has 20 heavy (non-hydrogen) atoms. The van der Waals surface area contributed by atoms with Crippen LogP contribution in [0.25, 0.3) is 10.9 Å². The summed E-state index contributed by atoms with van der Waals surface area (Å²) in [5.74, 6) is 0. The van der Waals surface area contributed by atoms with Crippen LogP contribution in [0.4, 0.5) is 5.69 Å². The number of benzene rings is 2. The summed E-state index contributed by atoms with van der Waals surface area (Å²) < 4.78 is 1.06. The second-order valence-electron chi connectivity index (χ2n) is 4.61. The Bertz CT molecular complexity index is 724. The number of aromatic nitrogens is 1. The molecule has 3 rings (SSSR count). The fraction of sp³-hybridized carbons (Fsp3) is 0.0625. The van der Waals surface area contributed by atoms with E-state index in [0.717, 1.165) is 26.9 Å². The SMILES string of the molecule is ClN(Cl)c1ccc(Cc2cnc3ccccc3c2)cc1. The molecule has 0 amide bonds. The predicted molar refractivity (Wildman–Crippen MR) is 85.2 cm³/mol. The number of fused-ring (bicyclic) bond motifs is 1. The molecule has 2 aromatic carbocycles. The first-order valence-electron chi connectivity index (χ1n) is 6.27. The van der Waals surface area contributed by atoms with Crippen LogP contribution in [0.1, 0.15) is 11.1 Å². The summed E-state index contributed by atoms with van der Waals surface area (Å²) in [6.07, 6.45) is 2.76. The molecule has 0 aliphatic carbocycles.